The van der Waals surface area contributed by atoms with Gasteiger partial charge in [-0.15, -0.1) is 0 Å². The van der Waals surface area contributed by atoms with Crippen LogP contribution in [0.15, 0.2) is 16.9 Å². The molecule has 1 aromatic heterocycles. The van der Waals surface area contributed by atoms with Gasteiger partial charge in [-0.1, -0.05) is 45.4 Å². The molecule has 0 radical (unpaired) electrons. The van der Waals surface area contributed by atoms with Crippen LogP contribution in [0.2, 0.25) is 0 Å². The smallest absolute Gasteiger partial charge is 0.154 e. The van der Waals surface area contributed by atoms with E-state index in [-0.39, 0.29) is 0 Å². The maximum Gasteiger partial charge on any atom is 0.154 e. The van der Waals surface area contributed by atoms with Gasteiger partial charge in [-0.2, -0.15) is 0 Å². The molecule has 0 bridgehead atoms. The van der Waals surface area contributed by atoms with Crippen LogP contribution in [-0.2, 0) is 0 Å². The lowest BCUT2D eigenvalue weighted by Gasteiger charge is -2.45. The van der Waals surface area contributed by atoms with Crippen LogP contribution in [0, 0.1) is 5.92 Å². The van der Waals surface area contributed by atoms with E-state index in [9.17, 15) is 0 Å². The summed E-state index contributed by atoms with van der Waals surface area (Å²) in [6, 6.07) is 2.79. The maximum absolute atomic E-state index is 5.98. The van der Waals surface area contributed by atoms with Crippen LogP contribution < -0.4 is 15.0 Å². The minimum atomic E-state index is 0.643. The van der Waals surface area contributed by atoms with Gasteiger partial charge in [0.2, 0.25) is 0 Å². The Morgan fingerprint density at radius 3 is 2.79 bits per heavy atom. The van der Waals surface area contributed by atoms with Crippen LogP contribution in [0.5, 0.6) is 5.75 Å². The summed E-state index contributed by atoms with van der Waals surface area (Å²) in [5.41, 5.74) is 1.19. The Morgan fingerprint density at radius 1 is 1.21 bits per heavy atom. The standard InChI is InChI=1S/C19H30BrN3O/c1-2-3-4-5-6-7-8-9-24-18-10-16(12-22-19(18)20)23-14-15-11-21-13-17(15)23/h10,12,15,17,21H,2-9,11,13-14H2,1H3/t15-,17-/m1/s1. The summed E-state index contributed by atoms with van der Waals surface area (Å²) in [5.74, 6) is 1.69. The van der Waals surface area contributed by atoms with E-state index in [2.05, 4.69) is 44.1 Å². The molecule has 1 aromatic rings. The number of pyridine rings is 1. The van der Waals surface area contributed by atoms with E-state index in [4.69, 9.17) is 4.74 Å². The highest BCUT2D eigenvalue weighted by Crippen LogP contribution is 2.36. The van der Waals surface area contributed by atoms with E-state index in [0.717, 1.165) is 48.9 Å². The van der Waals surface area contributed by atoms with E-state index in [1.54, 1.807) is 0 Å². The van der Waals surface area contributed by atoms with Crippen molar-refractivity contribution in [2.45, 2.75) is 57.9 Å². The zero-order valence-corrected chi connectivity index (χ0v) is 16.4. The highest BCUT2D eigenvalue weighted by molar-refractivity contribution is 9.10. The number of hydrogen-bond donors (Lipinski definition) is 1. The third-order valence-corrected chi connectivity index (χ3v) is 5.86. The average Bonchev–Trinajstić information content (AvgIpc) is 2.93. The number of aromatic nitrogens is 1. The fraction of sp³-hybridized carbons (Fsp3) is 0.737. The molecule has 0 amide bonds. The fourth-order valence-corrected chi connectivity index (χ4v) is 4.07. The lowest BCUT2D eigenvalue weighted by molar-refractivity contribution is 0.300. The number of rotatable bonds is 10. The monoisotopic (exact) mass is 395 g/mol. The van der Waals surface area contributed by atoms with Gasteiger partial charge < -0.3 is 15.0 Å². The van der Waals surface area contributed by atoms with Gasteiger partial charge in [-0.25, -0.2) is 4.98 Å². The molecular weight excluding hydrogens is 366 g/mol. The highest BCUT2D eigenvalue weighted by atomic mass is 79.9. The molecule has 2 atom stereocenters. The highest BCUT2D eigenvalue weighted by Gasteiger charge is 2.42. The lowest BCUT2D eigenvalue weighted by atomic mass is 9.91. The number of hydrogen-bond acceptors (Lipinski definition) is 4. The Labute approximate surface area is 154 Å². The van der Waals surface area contributed by atoms with Gasteiger partial charge in [-0.05, 0) is 22.4 Å². The van der Waals surface area contributed by atoms with Gasteiger partial charge in [0, 0.05) is 37.7 Å². The molecule has 0 aliphatic carbocycles. The van der Waals surface area contributed by atoms with Gasteiger partial charge in [0.05, 0.1) is 18.5 Å². The van der Waals surface area contributed by atoms with E-state index in [1.165, 1.54) is 44.2 Å². The summed E-state index contributed by atoms with van der Waals surface area (Å²) in [4.78, 5) is 6.92. The number of unbranched alkanes of at least 4 members (excludes halogenated alkanes) is 6. The molecule has 134 valence electrons. The lowest BCUT2D eigenvalue weighted by Crippen LogP contribution is -2.55. The molecule has 24 heavy (non-hydrogen) atoms. The molecule has 2 aliphatic heterocycles. The van der Waals surface area contributed by atoms with Crippen LogP contribution in [0.4, 0.5) is 5.69 Å². The Bertz CT molecular complexity index is 525. The second kappa shape index (κ2) is 9.04. The van der Waals surface area contributed by atoms with E-state index in [1.807, 2.05) is 6.20 Å². The maximum atomic E-state index is 5.98. The van der Waals surface area contributed by atoms with Crippen molar-refractivity contribution in [3.8, 4) is 5.75 Å². The first-order chi connectivity index (χ1) is 11.8. The molecule has 0 unspecified atom stereocenters. The summed E-state index contributed by atoms with van der Waals surface area (Å²) >= 11 is 3.52. The zero-order chi connectivity index (χ0) is 16.8. The molecule has 2 aliphatic rings. The first-order valence-electron chi connectivity index (χ1n) is 9.55. The van der Waals surface area contributed by atoms with Gasteiger partial charge >= 0.3 is 0 Å². The van der Waals surface area contributed by atoms with Gasteiger partial charge in [0.25, 0.3) is 0 Å². The van der Waals surface area contributed by atoms with E-state index >= 15 is 0 Å². The Hall–Kier alpha value is -0.810. The predicted octanol–water partition coefficient (Wildman–Crippen LogP) is 4.38. The topological polar surface area (TPSA) is 37.4 Å². The van der Waals surface area contributed by atoms with Crippen molar-refractivity contribution in [3.05, 3.63) is 16.9 Å². The molecular formula is C19H30BrN3O. The first-order valence-corrected chi connectivity index (χ1v) is 10.3. The molecule has 0 spiro atoms. The quantitative estimate of drug-likeness (QED) is 0.471. The first kappa shape index (κ1) is 18.0. The summed E-state index contributed by atoms with van der Waals surface area (Å²) in [5, 5.41) is 3.47. The normalized spacial score (nSPS) is 22.3. The van der Waals surface area contributed by atoms with Crippen molar-refractivity contribution >= 4 is 21.6 Å². The summed E-state index contributed by atoms with van der Waals surface area (Å²) in [6.45, 7) is 6.43. The molecule has 1 N–H and O–H groups in total. The molecule has 4 nitrogen and oxygen atoms in total. The molecule has 0 saturated carbocycles. The average molecular weight is 396 g/mol. The number of ether oxygens (including phenoxy) is 1. The van der Waals surface area contributed by atoms with Gasteiger partial charge in [-0.3, -0.25) is 0 Å². The molecule has 2 fully saturated rings. The Balaban J connectivity index is 1.41. The van der Waals surface area contributed by atoms with Crippen molar-refractivity contribution in [1.29, 1.82) is 0 Å². The molecule has 3 heterocycles. The largest absolute Gasteiger partial charge is 0.491 e. The number of halogens is 1. The van der Waals surface area contributed by atoms with Crippen LogP contribution in [0.25, 0.3) is 0 Å². The SMILES string of the molecule is CCCCCCCCCOc1cc(N2C[C@H]3CNC[C@H]32)cnc1Br. The molecule has 5 heteroatoms. The van der Waals surface area contributed by atoms with Crippen LogP contribution in [-0.4, -0.2) is 37.3 Å². The van der Waals surface area contributed by atoms with E-state index < -0.39 is 0 Å². The predicted molar refractivity (Wildman–Crippen MR) is 103 cm³/mol. The summed E-state index contributed by atoms with van der Waals surface area (Å²) in [6.07, 6.45) is 11.1. The minimum absolute atomic E-state index is 0.643. The number of anilines is 1. The molecule has 0 aromatic carbocycles. The van der Waals surface area contributed by atoms with Gasteiger partial charge in [0.15, 0.2) is 5.75 Å². The summed E-state index contributed by atoms with van der Waals surface area (Å²) in [7, 11) is 0. The van der Waals surface area contributed by atoms with Crippen LogP contribution >= 0.6 is 15.9 Å². The number of nitrogens with one attached hydrogen (secondary N) is 1. The van der Waals surface area contributed by atoms with Crippen molar-refractivity contribution in [3.63, 3.8) is 0 Å². The second-order valence-corrected chi connectivity index (χ2v) is 7.84. The third kappa shape index (κ3) is 4.42. The van der Waals surface area contributed by atoms with Crippen molar-refractivity contribution in [1.82, 2.24) is 10.3 Å². The Morgan fingerprint density at radius 2 is 2.00 bits per heavy atom. The van der Waals surface area contributed by atoms with Crippen molar-refractivity contribution in [2.24, 2.45) is 5.92 Å². The number of nitrogens with zero attached hydrogens (tertiary/aromatic N) is 2. The molecule has 2 saturated heterocycles. The van der Waals surface area contributed by atoms with Gasteiger partial charge in [0.1, 0.15) is 4.60 Å². The number of fused-ring (bicyclic) bond motifs is 1. The van der Waals surface area contributed by atoms with Crippen LogP contribution in [0.1, 0.15) is 51.9 Å². The Kier molecular flexibility index (Phi) is 6.78. The zero-order valence-electron chi connectivity index (χ0n) is 14.8. The third-order valence-electron chi connectivity index (χ3n) is 5.27. The van der Waals surface area contributed by atoms with Crippen LogP contribution in [0.3, 0.4) is 0 Å². The minimum Gasteiger partial charge on any atom is -0.491 e. The van der Waals surface area contributed by atoms with E-state index in [0.29, 0.717) is 6.04 Å². The van der Waals surface area contributed by atoms with Crippen molar-refractivity contribution in [2.75, 3.05) is 31.1 Å². The summed E-state index contributed by atoms with van der Waals surface area (Å²) < 4.78 is 6.80. The molecule has 3 rings (SSSR count). The van der Waals surface area contributed by atoms with Crippen molar-refractivity contribution < 1.29 is 4.74 Å². The second-order valence-electron chi connectivity index (χ2n) is 7.09. The fourth-order valence-electron chi connectivity index (χ4n) is 3.73.